The van der Waals surface area contributed by atoms with E-state index in [1.54, 1.807) is 0 Å². The van der Waals surface area contributed by atoms with E-state index in [0.717, 1.165) is 24.6 Å². The molecule has 5 rings (SSSR count). The Bertz CT molecular complexity index is 842. The molecular formula is C22H28N4O. The number of benzene rings is 1. The molecule has 142 valence electrons. The molecule has 0 bridgehead atoms. The quantitative estimate of drug-likeness (QED) is 0.879. The van der Waals surface area contributed by atoms with Crippen LogP contribution in [0.15, 0.2) is 24.3 Å². The Morgan fingerprint density at radius 2 is 1.74 bits per heavy atom. The monoisotopic (exact) mass is 364 g/mol. The predicted molar refractivity (Wildman–Crippen MR) is 107 cm³/mol. The number of hydrogen-bond donors (Lipinski definition) is 1. The molecule has 1 amide bonds. The van der Waals surface area contributed by atoms with Gasteiger partial charge in [-0.25, -0.2) is 4.68 Å². The van der Waals surface area contributed by atoms with E-state index in [0.29, 0.717) is 12.5 Å². The van der Waals surface area contributed by atoms with Crippen LogP contribution in [0.2, 0.25) is 0 Å². The minimum Gasteiger partial charge on any atom is -0.372 e. The lowest BCUT2D eigenvalue weighted by atomic mass is 9.85. The van der Waals surface area contributed by atoms with Crippen LogP contribution in [-0.4, -0.2) is 28.8 Å². The zero-order valence-electron chi connectivity index (χ0n) is 16.1. The summed E-state index contributed by atoms with van der Waals surface area (Å²) in [5.74, 6) is 1.16. The Kier molecular flexibility index (Phi) is 4.18. The maximum absolute atomic E-state index is 12.5. The van der Waals surface area contributed by atoms with Crippen molar-refractivity contribution in [3.05, 3.63) is 41.1 Å². The normalized spacial score (nSPS) is 22.9. The largest absolute Gasteiger partial charge is 0.372 e. The van der Waals surface area contributed by atoms with Gasteiger partial charge in [0.25, 0.3) is 0 Å². The topological polar surface area (TPSA) is 50.2 Å². The first-order chi connectivity index (χ1) is 13.2. The first-order valence-electron chi connectivity index (χ1n) is 10.4. The summed E-state index contributed by atoms with van der Waals surface area (Å²) in [5, 5.41) is 7.99. The first kappa shape index (κ1) is 16.8. The Labute approximate surface area is 160 Å². The highest BCUT2D eigenvalue weighted by Crippen LogP contribution is 2.42. The van der Waals surface area contributed by atoms with Gasteiger partial charge < -0.3 is 10.2 Å². The molecule has 1 N–H and O–H groups in total. The van der Waals surface area contributed by atoms with Gasteiger partial charge in [-0.3, -0.25) is 4.79 Å². The zero-order valence-corrected chi connectivity index (χ0v) is 16.1. The molecule has 1 aromatic heterocycles. The summed E-state index contributed by atoms with van der Waals surface area (Å²) >= 11 is 0. The molecule has 2 aromatic rings. The molecule has 1 saturated carbocycles. The number of carbonyl (C=O) groups is 1. The molecule has 27 heavy (non-hydrogen) atoms. The lowest BCUT2D eigenvalue weighted by Crippen LogP contribution is -2.26. The molecule has 3 heterocycles. The van der Waals surface area contributed by atoms with Crippen LogP contribution in [0.4, 0.5) is 11.5 Å². The van der Waals surface area contributed by atoms with Crippen molar-refractivity contribution in [3.63, 3.8) is 0 Å². The minimum atomic E-state index is 0.107. The average Bonchev–Trinajstić information content (AvgIpc) is 3.43. The van der Waals surface area contributed by atoms with Crippen LogP contribution in [0.25, 0.3) is 0 Å². The minimum absolute atomic E-state index is 0.107. The van der Waals surface area contributed by atoms with Gasteiger partial charge in [0.1, 0.15) is 5.82 Å². The molecule has 1 unspecified atom stereocenters. The van der Waals surface area contributed by atoms with Crippen molar-refractivity contribution in [3.8, 4) is 0 Å². The number of aryl methyl sites for hydroxylation is 1. The second kappa shape index (κ2) is 6.70. The third kappa shape index (κ3) is 2.93. The van der Waals surface area contributed by atoms with Crippen LogP contribution in [0.1, 0.15) is 73.7 Å². The summed E-state index contributed by atoms with van der Waals surface area (Å²) in [7, 11) is 0. The maximum Gasteiger partial charge on any atom is 0.226 e. The van der Waals surface area contributed by atoms with Crippen LogP contribution in [-0.2, 0) is 4.79 Å². The maximum atomic E-state index is 12.5. The molecule has 2 fully saturated rings. The van der Waals surface area contributed by atoms with Crippen molar-refractivity contribution in [1.29, 1.82) is 0 Å². The fraction of sp³-hybridized carbons (Fsp3) is 0.545. The molecule has 1 atom stereocenters. The van der Waals surface area contributed by atoms with Crippen molar-refractivity contribution in [2.45, 2.75) is 63.8 Å². The van der Waals surface area contributed by atoms with Crippen molar-refractivity contribution in [1.82, 2.24) is 9.78 Å². The van der Waals surface area contributed by atoms with Gasteiger partial charge in [0.15, 0.2) is 0 Å². The molecule has 1 aliphatic carbocycles. The third-order valence-corrected chi connectivity index (χ3v) is 6.56. The van der Waals surface area contributed by atoms with E-state index in [1.165, 1.54) is 55.3 Å². The fourth-order valence-electron chi connectivity index (χ4n) is 5.16. The standard InChI is InChI=1S/C22H28N4O/c1-15-21-19(16-8-10-17(11-9-16)25-12-4-5-13-25)14-20(27)23-22(21)26(24-15)18-6-2-3-7-18/h8-11,18-19H,2-7,12-14H2,1H3,(H,23,27). The van der Waals surface area contributed by atoms with Crippen LogP contribution in [0.3, 0.4) is 0 Å². The highest BCUT2D eigenvalue weighted by atomic mass is 16.1. The highest BCUT2D eigenvalue weighted by molar-refractivity contribution is 5.94. The smallest absolute Gasteiger partial charge is 0.226 e. The van der Waals surface area contributed by atoms with E-state index in [1.807, 2.05) is 0 Å². The Morgan fingerprint density at radius 3 is 2.44 bits per heavy atom. The third-order valence-electron chi connectivity index (χ3n) is 6.56. The Balaban J connectivity index is 1.50. The average molecular weight is 364 g/mol. The second-order valence-electron chi connectivity index (χ2n) is 8.32. The summed E-state index contributed by atoms with van der Waals surface area (Å²) in [6, 6.07) is 9.32. The summed E-state index contributed by atoms with van der Waals surface area (Å²) in [6.45, 7) is 4.40. The molecule has 5 nitrogen and oxygen atoms in total. The number of rotatable bonds is 3. The number of anilines is 2. The van der Waals surface area contributed by atoms with E-state index in [2.05, 4.69) is 46.1 Å². The van der Waals surface area contributed by atoms with Crippen LogP contribution < -0.4 is 10.2 Å². The number of hydrogen-bond acceptors (Lipinski definition) is 3. The van der Waals surface area contributed by atoms with Crippen LogP contribution in [0.5, 0.6) is 0 Å². The lowest BCUT2D eigenvalue weighted by Gasteiger charge is -2.26. The highest BCUT2D eigenvalue weighted by Gasteiger charge is 2.34. The van der Waals surface area contributed by atoms with E-state index in [-0.39, 0.29) is 11.8 Å². The predicted octanol–water partition coefficient (Wildman–Crippen LogP) is 4.38. The van der Waals surface area contributed by atoms with Gasteiger partial charge in [-0.15, -0.1) is 0 Å². The second-order valence-corrected chi connectivity index (χ2v) is 8.32. The summed E-state index contributed by atoms with van der Waals surface area (Å²) in [4.78, 5) is 15.0. The van der Waals surface area contributed by atoms with Gasteiger partial charge in [-0.1, -0.05) is 25.0 Å². The van der Waals surface area contributed by atoms with E-state index in [4.69, 9.17) is 5.10 Å². The molecule has 0 radical (unpaired) electrons. The van der Waals surface area contributed by atoms with E-state index < -0.39 is 0 Å². The molecule has 0 spiro atoms. The summed E-state index contributed by atoms with van der Waals surface area (Å²) < 4.78 is 2.11. The van der Waals surface area contributed by atoms with E-state index >= 15 is 0 Å². The molecule has 1 aromatic carbocycles. The lowest BCUT2D eigenvalue weighted by molar-refractivity contribution is -0.116. The van der Waals surface area contributed by atoms with Crippen LogP contribution >= 0.6 is 0 Å². The van der Waals surface area contributed by atoms with Gasteiger partial charge in [0.2, 0.25) is 5.91 Å². The first-order valence-corrected chi connectivity index (χ1v) is 10.4. The van der Waals surface area contributed by atoms with Gasteiger partial charge in [0, 0.05) is 36.7 Å². The van der Waals surface area contributed by atoms with Gasteiger partial charge in [-0.2, -0.15) is 5.10 Å². The molecule has 2 aliphatic heterocycles. The number of aromatic nitrogens is 2. The van der Waals surface area contributed by atoms with Crippen molar-refractivity contribution in [2.24, 2.45) is 0 Å². The molecular weight excluding hydrogens is 336 g/mol. The number of nitrogens with zero attached hydrogens (tertiary/aromatic N) is 3. The summed E-state index contributed by atoms with van der Waals surface area (Å²) in [5.41, 5.74) is 4.80. The van der Waals surface area contributed by atoms with Crippen molar-refractivity contribution < 1.29 is 4.79 Å². The van der Waals surface area contributed by atoms with Crippen LogP contribution in [0, 0.1) is 6.92 Å². The Hall–Kier alpha value is -2.30. The zero-order chi connectivity index (χ0) is 18.4. The van der Waals surface area contributed by atoms with Gasteiger partial charge in [0.05, 0.1) is 11.7 Å². The molecule has 3 aliphatic rings. The van der Waals surface area contributed by atoms with E-state index in [9.17, 15) is 4.79 Å². The SMILES string of the molecule is Cc1nn(C2CCCC2)c2c1C(c1ccc(N3CCCC3)cc1)CC(=O)N2. The number of carbonyl (C=O) groups excluding carboxylic acids is 1. The molecule has 5 heteroatoms. The van der Waals surface area contributed by atoms with Gasteiger partial charge in [-0.05, 0) is 50.3 Å². The Morgan fingerprint density at radius 1 is 1.04 bits per heavy atom. The number of amides is 1. The number of fused-ring (bicyclic) bond motifs is 1. The number of nitrogens with one attached hydrogen (secondary N) is 1. The van der Waals surface area contributed by atoms with Gasteiger partial charge >= 0.3 is 0 Å². The summed E-state index contributed by atoms with van der Waals surface area (Å²) in [6.07, 6.45) is 7.92. The van der Waals surface area contributed by atoms with Crippen molar-refractivity contribution in [2.75, 3.05) is 23.3 Å². The fourth-order valence-corrected chi connectivity index (χ4v) is 5.16. The van der Waals surface area contributed by atoms with Crippen molar-refractivity contribution >= 4 is 17.4 Å². The molecule has 1 saturated heterocycles.